The first-order valence-electron chi connectivity index (χ1n) is 17.4. The SMILES string of the molecule is CCCCCCCCCCOCCOCCOCCOCCCCCC(=O)Nc1cccc2c1C(=O)N(C1CCC(=O)NC1=O)C2=O. The molecule has 1 aromatic carbocycles. The summed E-state index contributed by atoms with van der Waals surface area (Å²) in [4.78, 5) is 63.4. The zero-order chi connectivity index (χ0) is 33.7. The van der Waals surface area contributed by atoms with E-state index in [1.165, 1.54) is 51.0 Å². The molecule has 2 heterocycles. The predicted molar refractivity (Wildman–Crippen MR) is 176 cm³/mol. The Balaban J connectivity index is 1.14. The Bertz CT molecular complexity index is 1160. The number of amides is 5. The van der Waals surface area contributed by atoms with Gasteiger partial charge in [0.05, 0.1) is 56.5 Å². The highest BCUT2D eigenvalue weighted by Gasteiger charge is 2.45. The third-order valence-electron chi connectivity index (χ3n) is 8.19. The molecule has 1 unspecified atom stereocenters. The van der Waals surface area contributed by atoms with E-state index in [0.717, 1.165) is 30.8 Å². The summed E-state index contributed by atoms with van der Waals surface area (Å²) in [7, 11) is 0. The van der Waals surface area contributed by atoms with E-state index in [0.29, 0.717) is 52.7 Å². The van der Waals surface area contributed by atoms with Crippen LogP contribution in [0.25, 0.3) is 0 Å². The van der Waals surface area contributed by atoms with Crippen LogP contribution in [-0.2, 0) is 33.3 Å². The van der Waals surface area contributed by atoms with Crippen molar-refractivity contribution >= 4 is 35.2 Å². The first kappa shape index (κ1) is 38.3. The number of carbonyl (C=O) groups is 5. The fourth-order valence-electron chi connectivity index (χ4n) is 5.60. The Hall–Kier alpha value is -3.19. The molecule has 1 saturated heterocycles. The van der Waals surface area contributed by atoms with Crippen molar-refractivity contribution in [2.45, 2.75) is 103 Å². The molecule has 47 heavy (non-hydrogen) atoms. The van der Waals surface area contributed by atoms with E-state index in [2.05, 4.69) is 17.6 Å². The zero-order valence-corrected chi connectivity index (χ0v) is 28.0. The molecular weight excluding hydrogens is 606 g/mol. The molecule has 2 aliphatic heterocycles. The van der Waals surface area contributed by atoms with Crippen LogP contribution in [0.1, 0.15) is 118 Å². The molecule has 0 radical (unpaired) electrons. The van der Waals surface area contributed by atoms with E-state index >= 15 is 0 Å². The van der Waals surface area contributed by atoms with Crippen molar-refractivity contribution in [1.82, 2.24) is 10.2 Å². The summed E-state index contributed by atoms with van der Waals surface area (Å²) >= 11 is 0. The number of rotatable bonds is 26. The van der Waals surface area contributed by atoms with Crippen molar-refractivity contribution in [3.63, 3.8) is 0 Å². The second kappa shape index (κ2) is 22.4. The van der Waals surface area contributed by atoms with Crippen LogP contribution in [-0.4, -0.2) is 93.3 Å². The molecule has 2 aliphatic rings. The molecular formula is C35H53N3O9. The van der Waals surface area contributed by atoms with Gasteiger partial charge in [-0.1, -0.05) is 64.4 Å². The maximum Gasteiger partial charge on any atom is 0.264 e. The highest BCUT2D eigenvalue weighted by molar-refractivity contribution is 6.26. The van der Waals surface area contributed by atoms with E-state index in [1.54, 1.807) is 12.1 Å². The summed E-state index contributed by atoms with van der Waals surface area (Å²) in [6.45, 7) is 6.81. The molecule has 0 saturated carbocycles. The van der Waals surface area contributed by atoms with Gasteiger partial charge in [0, 0.05) is 26.1 Å². The highest BCUT2D eigenvalue weighted by atomic mass is 16.6. The smallest absolute Gasteiger partial charge is 0.264 e. The second-order valence-electron chi connectivity index (χ2n) is 12.0. The van der Waals surface area contributed by atoms with Gasteiger partial charge in [-0.15, -0.1) is 0 Å². The number of carbonyl (C=O) groups excluding carboxylic acids is 5. The summed E-state index contributed by atoms with van der Waals surface area (Å²) in [5.41, 5.74) is 0.424. The topological polar surface area (TPSA) is 150 Å². The summed E-state index contributed by atoms with van der Waals surface area (Å²) < 4.78 is 22.3. The maximum absolute atomic E-state index is 13.2. The van der Waals surface area contributed by atoms with Gasteiger partial charge in [0.15, 0.2) is 0 Å². The predicted octanol–water partition coefficient (Wildman–Crippen LogP) is 4.79. The number of fused-ring (bicyclic) bond motifs is 1. The number of ether oxygens (including phenoxy) is 4. The summed E-state index contributed by atoms with van der Waals surface area (Å²) in [6.07, 6.45) is 12.9. The summed E-state index contributed by atoms with van der Waals surface area (Å²) in [6, 6.07) is 3.57. The quantitative estimate of drug-likeness (QED) is 0.106. The lowest BCUT2D eigenvalue weighted by atomic mass is 10.0. The minimum absolute atomic E-state index is 0.0394. The van der Waals surface area contributed by atoms with E-state index in [-0.39, 0.29) is 42.0 Å². The van der Waals surface area contributed by atoms with Crippen LogP contribution in [0.15, 0.2) is 18.2 Å². The lowest BCUT2D eigenvalue weighted by molar-refractivity contribution is -0.136. The van der Waals surface area contributed by atoms with Gasteiger partial charge >= 0.3 is 0 Å². The first-order chi connectivity index (χ1) is 22.9. The lowest BCUT2D eigenvalue weighted by Gasteiger charge is -2.27. The van der Waals surface area contributed by atoms with E-state index in [1.807, 2.05) is 0 Å². The zero-order valence-electron chi connectivity index (χ0n) is 28.0. The third kappa shape index (κ3) is 13.4. The van der Waals surface area contributed by atoms with E-state index < -0.39 is 29.7 Å². The Kier molecular flexibility index (Phi) is 18.2. The fraction of sp³-hybridized carbons (Fsp3) is 0.686. The molecule has 1 fully saturated rings. The van der Waals surface area contributed by atoms with Gasteiger partial charge < -0.3 is 24.3 Å². The van der Waals surface area contributed by atoms with Gasteiger partial charge in [-0.25, -0.2) is 0 Å². The largest absolute Gasteiger partial charge is 0.379 e. The fourth-order valence-corrected chi connectivity index (χ4v) is 5.60. The van der Waals surface area contributed by atoms with Crippen LogP contribution in [0, 0.1) is 0 Å². The van der Waals surface area contributed by atoms with Crippen molar-refractivity contribution in [3.05, 3.63) is 29.3 Å². The molecule has 5 amide bonds. The Labute approximate surface area is 278 Å². The second-order valence-corrected chi connectivity index (χ2v) is 12.0. The summed E-state index contributed by atoms with van der Waals surface area (Å²) in [5.74, 6) is -2.65. The van der Waals surface area contributed by atoms with E-state index in [4.69, 9.17) is 18.9 Å². The number of imide groups is 2. The first-order valence-corrected chi connectivity index (χ1v) is 17.4. The van der Waals surface area contributed by atoms with Gasteiger partial charge in [0.2, 0.25) is 17.7 Å². The van der Waals surface area contributed by atoms with Crippen LogP contribution in [0.5, 0.6) is 0 Å². The Morgan fingerprint density at radius 1 is 0.745 bits per heavy atom. The number of benzene rings is 1. The number of hydrogen-bond donors (Lipinski definition) is 2. The molecule has 12 heteroatoms. The van der Waals surface area contributed by atoms with Crippen LogP contribution in [0.4, 0.5) is 5.69 Å². The average molecular weight is 660 g/mol. The van der Waals surface area contributed by atoms with Gasteiger partial charge in [0.1, 0.15) is 6.04 Å². The van der Waals surface area contributed by atoms with Crippen molar-refractivity contribution in [3.8, 4) is 0 Å². The molecule has 0 aliphatic carbocycles. The van der Waals surface area contributed by atoms with Gasteiger partial charge in [0.25, 0.3) is 11.8 Å². The molecule has 0 aromatic heterocycles. The monoisotopic (exact) mass is 659 g/mol. The van der Waals surface area contributed by atoms with Crippen LogP contribution in [0.3, 0.4) is 0 Å². The number of nitrogens with one attached hydrogen (secondary N) is 2. The molecule has 12 nitrogen and oxygen atoms in total. The molecule has 1 aromatic rings. The minimum Gasteiger partial charge on any atom is -0.379 e. The number of unbranched alkanes of at least 4 members (excludes halogenated alkanes) is 9. The number of anilines is 1. The Morgan fingerprint density at radius 2 is 1.30 bits per heavy atom. The molecule has 262 valence electrons. The van der Waals surface area contributed by atoms with E-state index in [9.17, 15) is 24.0 Å². The maximum atomic E-state index is 13.2. The van der Waals surface area contributed by atoms with Gasteiger partial charge in [-0.2, -0.15) is 0 Å². The molecule has 0 spiro atoms. The Morgan fingerprint density at radius 3 is 1.89 bits per heavy atom. The summed E-state index contributed by atoms with van der Waals surface area (Å²) in [5, 5.41) is 4.92. The van der Waals surface area contributed by atoms with Crippen LogP contribution >= 0.6 is 0 Å². The van der Waals surface area contributed by atoms with Crippen molar-refractivity contribution < 1.29 is 42.9 Å². The standard InChI is InChI=1S/C35H53N3O9/c1-2-3-4-5-6-7-8-11-19-44-21-23-46-25-26-47-24-22-45-20-12-9-10-16-30(39)36-28-15-13-14-27-32(28)35(43)38(34(27)42)29-17-18-31(40)37-33(29)41/h13-15,29H,2-12,16-26H2,1H3,(H,36,39)(H,37,40,41). The van der Waals surface area contributed by atoms with Crippen molar-refractivity contribution in [2.75, 3.05) is 58.2 Å². The average Bonchev–Trinajstić information content (AvgIpc) is 3.31. The minimum atomic E-state index is -1.06. The van der Waals surface area contributed by atoms with Gasteiger partial charge in [-0.3, -0.25) is 34.2 Å². The number of hydrogen-bond acceptors (Lipinski definition) is 9. The van der Waals surface area contributed by atoms with Crippen molar-refractivity contribution in [1.29, 1.82) is 0 Å². The van der Waals surface area contributed by atoms with Crippen molar-refractivity contribution in [2.24, 2.45) is 0 Å². The molecule has 2 N–H and O–H groups in total. The lowest BCUT2D eigenvalue weighted by Crippen LogP contribution is -2.54. The van der Waals surface area contributed by atoms with Gasteiger partial charge in [-0.05, 0) is 37.8 Å². The molecule has 0 bridgehead atoms. The number of piperidine rings is 1. The van der Waals surface area contributed by atoms with Crippen LogP contribution < -0.4 is 10.6 Å². The normalized spacial score (nSPS) is 16.1. The third-order valence-corrected chi connectivity index (χ3v) is 8.19. The molecule has 3 rings (SSSR count). The van der Waals surface area contributed by atoms with Crippen LogP contribution in [0.2, 0.25) is 0 Å². The molecule has 1 atom stereocenters. The number of nitrogens with zero attached hydrogens (tertiary/aromatic N) is 1. The highest BCUT2D eigenvalue weighted by Crippen LogP contribution is 2.32.